The number of nitrogens with two attached hydrogens (primary N) is 1. The largest absolute Gasteiger partial charge is 0.492 e. The Balaban J connectivity index is 1.74. The van der Waals surface area contributed by atoms with Crippen molar-refractivity contribution in [1.29, 1.82) is 0 Å². The molecule has 0 aliphatic heterocycles. The Morgan fingerprint density at radius 3 is 2.64 bits per heavy atom. The summed E-state index contributed by atoms with van der Waals surface area (Å²) in [6, 6.07) is 15.5. The summed E-state index contributed by atoms with van der Waals surface area (Å²) in [7, 11) is 0. The molecule has 0 radical (unpaired) electrons. The lowest BCUT2D eigenvalue weighted by atomic mass is 10.3. The lowest BCUT2D eigenvalue weighted by Crippen LogP contribution is -2.14. The van der Waals surface area contributed by atoms with Gasteiger partial charge in [-0.05, 0) is 42.9 Å². The van der Waals surface area contributed by atoms with Gasteiger partial charge in [-0.2, -0.15) is 0 Å². The minimum atomic E-state index is 0.569. The van der Waals surface area contributed by atoms with Gasteiger partial charge in [0.05, 0.1) is 17.6 Å². The number of hydrogen-bond acceptors (Lipinski definition) is 3. The summed E-state index contributed by atoms with van der Waals surface area (Å²) in [5.74, 6) is 1.82. The van der Waals surface area contributed by atoms with Crippen LogP contribution in [-0.4, -0.2) is 22.7 Å². The van der Waals surface area contributed by atoms with Gasteiger partial charge in [0, 0.05) is 11.4 Å². The monoisotopic (exact) mass is 315 g/mol. The second-order valence-electron chi connectivity index (χ2n) is 5.01. The van der Waals surface area contributed by atoms with E-state index in [-0.39, 0.29) is 0 Å². The summed E-state index contributed by atoms with van der Waals surface area (Å²) < 4.78 is 7.96. The quantitative estimate of drug-likeness (QED) is 0.759. The smallest absolute Gasteiger partial charge is 0.119 e. The van der Waals surface area contributed by atoms with Gasteiger partial charge in [0.25, 0.3) is 0 Å². The molecule has 0 aliphatic carbocycles. The van der Waals surface area contributed by atoms with Crippen molar-refractivity contribution in [2.75, 3.05) is 13.2 Å². The van der Waals surface area contributed by atoms with Gasteiger partial charge in [-0.25, -0.2) is 4.98 Å². The zero-order valence-corrected chi connectivity index (χ0v) is 13.0. The fraction of sp³-hybridized carbons (Fsp3) is 0.235. The molecular weight excluding hydrogens is 298 g/mol. The van der Waals surface area contributed by atoms with Gasteiger partial charge >= 0.3 is 0 Å². The molecule has 0 atom stereocenters. The van der Waals surface area contributed by atoms with Crippen molar-refractivity contribution in [3.63, 3.8) is 0 Å². The summed E-state index contributed by atoms with van der Waals surface area (Å²) in [6.07, 6.45) is 0.760. The van der Waals surface area contributed by atoms with Gasteiger partial charge in [0.15, 0.2) is 0 Å². The van der Waals surface area contributed by atoms with Gasteiger partial charge in [0.1, 0.15) is 18.2 Å². The number of fused-ring (bicyclic) bond motifs is 1. The molecule has 22 heavy (non-hydrogen) atoms. The van der Waals surface area contributed by atoms with Gasteiger partial charge in [0.2, 0.25) is 0 Å². The molecule has 2 N–H and O–H groups in total. The van der Waals surface area contributed by atoms with Gasteiger partial charge in [-0.1, -0.05) is 23.7 Å². The van der Waals surface area contributed by atoms with Crippen LogP contribution in [0.3, 0.4) is 0 Å². The standard InChI is InChI=1S/C17H18ClN3O/c18-13-5-7-14(8-6-13)22-12-11-21-16-4-2-1-3-15(16)20-17(21)9-10-19/h1-8H,9-12,19H2. The number of rotatable bonds is 6. The molecule has 0 saturated carbocycles. The van der Waals surface area contributed by atoms with Crippen LogP contribution >= 0.6 is 11.6 Å². The average molecular weight is 316 g/mol. The van der Waals surface area contributed by atoms with Gasteiger partial charge in [-0.15, -0.1) is 0 Å². The molecule has 0 saturated heterocycles. The fourth-order valence-electron chi connectivity index (χ4n) is 2.48. The maximum atomic E-state index is 5.87. The topological polar surface area (TPSA) is 53.1 Å². The third-order valence-electron chi connectivity index (χ3n) is 3.50. The van der Waals surface area contributed by atoms with E-state index < -0.39 is 0 Å². The third kappa shape index (κ3) is 3.24. The van der Waals surface area contributed by atoms with Crippen molar-refractivity contribution in [3.05, 3.63) is 59.4 Å². The zero-order valence-electron chi connectivity index (χ0n) is 12.2. The molecule has 0 bridgehead atoms. The zero-order chi connectivity index (χ0) is 15.4. The summed E-state index contributed by atoms with van der Waals surface area (Å²) in [6.45, 7) is 1.89. The summed E-state index contributed by atoms with van der Waals surface area (Å²) in [4.78, 5) is 4.65. The van der Waals surface area contributed by atoms with Crippen molar-refractivity contribution in [2.45, 2.75) is 13.0 Å². The van der Waals surface area contributed by atoms with E-state index in [0.717, 1.165) is 35.6 Å². The molecule has 3 rings (SSSR count). The van der Waals surface area contributed by atoms with Crippen LogP contribution in [0, 0.1) is 0 Å². The lowest BCUT2D eigenvalue weighted by molar-refractivity contribution is 0.298. The van der Waals surface area contributed by atoms with Crippen molar-refractivity contribution in [3.8, 4) is 5.75 Å². The highest BCUT2D eigenvalue weighted by Gasteiger charge is 2.09. The summed E-state index contributed by atoms with van der Waals surface area (Å²) in [5.41, 5.74) is 7.80. The second kappa shape index (κ2) is 6.81. The predicted molar refractivity (Wildman–Crippen MR) is 89.4 cm³/mol. The minimum absolute atomic E-state index is 0.569. The van der Waals surface area contributed by atoms with Crippen molar-refractivity contribution in [1.82, 2.24) is 9.55 Å². The molecule has 4 nitrogen and oxygen atoms in total. The molecule has 2 aromatic carbocycles. The number of hydrogen-bond donors (Lipinski definition) is 1. The molecule has 3 aromatic rings. The maximum absolute atomic E-state index is 5.87. The van der Waals surface area contributed by atoms with Crippen LogP contribution in [0.25, 0.3) is 11.0 Å². The van der Waals surface area contributed by atoms with E-state index >= 15 is 0 Å². The first-order valence-electron chi connectivity index (χ1n) is 7.30. The van der Waals surface area contributed by atoms with Crippen LogP contribution in [0.15, 0.2) is 48.5 Å². The first kappa shape index (κ1) is 14.9. The van der Waals surface area contributed by atoms with Crippen LogP contribution in [-0.2, 0) is 13.0 Å². The molecule has 0 fully saturated rings. The van der Waals surface area contributed by atoms with E-state index in [1.807, 2.05) is 42.5 Å². The molecule has 0 aliphatic rings. The van der Waals surface area contributed by atoms with Crippen LogP contribution in [0.1, 0.15) is 5.82 Å². The highest BCUT2D eigenvalue weighted by atomic mass is 35.5. The number of nitrogens with zero attached hydrogens (tertiary/aromatic N) is 2. The number of ether oxygens (including phenoxy) is 1. The molecule has 0 amide bonds. The highest BCUT2D eigenvalue weighted by Crippen LogP contribution is 2.18. The molecule has 114 valence electrons. The van der Waals surface area contributed by atoms with E-state index in [0.29, 0.717) is 18.2 Å². The van der Waals surface area contributed by atoms with Gasteiger partial charge in [-0.3, -0.25) is 0 Å². The second-order valence-corrected chi connectivity index (χ2v) is 5.45. The molecule has 1 aromatic heterocycles. The maximum Gasteiger partial charge on any atom is 0.119 e. The molecule has 0 spiro atoms. The first-order valence-corrected chi connectivity index (χ1v) is 7.68. The highest BCUT2D eigenvalue weighted by molar-refractivity contribution is 6.30. The van der Waals surface area contributed by atoms with Crippen LogP contribution < -0.4 is 10.5 Å². The van der Waals surface area contributed by atoms with E-state index in [1.165, 1.54) is 0 Å². The van der Waals surface area contributed by atoms with E-state index in [2.05, 4.69) is 15.6 Å². The van der Waals surface area contributed by atoms with Crippen LogP contribution in [0.2, 0.25) is 5.02 Å². The predicted octanol–water partition coefficient (Wildman–Crippen LogP) is 3.27. The van der Waals surface area contributed by atoms with Crippen molar-refractivity contribution < 1.29 is 4.74 Å². The Morgan fingerprint density at radius 2 is 1.86 bits per heavy atom. The third-order valence-corrected chi connectivity index (χ3v) is 3.75. The van der Waals surface area contributed by atoms with Gasteiger partial charge < -0.3 is 15.0 Å². The number of benzene rings is 2. The number of para-hydroxylation sites is 2. The molecule has 0 unspecified atom stereocenters. The SMILES string of the molecule is NCCc1nc2ccccc2n1CCOc1ccc(Cl)cc1. The van der Waals surface area contributed by atoms with Crippen LogP contribution in [0.5, 0.6) is 5.75 Å². The van der Waals surface area contributed by atoms with Crippen molar-refractivity contribution in [2.24, 2.45) is 5.73 Å². The summed E-state index contributed by atoms with van der Waals surface area (Å²) in [5, 5.41) is 0.707. The molecule has 1 heterocycles. The van der Waals surface area contributed by atoms with E-state index in [1.54, 1.807) is 0 Å². The lowest BCUT2D eigenvalue weighted by Gasteiger charge is -2.10. The first-order chi connectivity index (χ1) is 10.8. The normalized spacial score (nSPS) is 11.0. The number of aromatic nitrogens is 2. The Kier molecular flexibility index (Phi) is 4.61. The Labute approximate surface area is 134 Å². The van der Waals surface area contributed by atoms with Crippen LogP contribution in [0.4, 0.5) is 0 Å². The average Bonchev–Trinajstić information content (AvgIpc) is 2.88. The van der Waals surface area contributed by atoms with E-state index in [9.17, 15) is 0 Å². The summed E-state index contributed by atoms with van der Waals surface area (Å²) >= 11 is 5.87. The fourth-order valence-corrected chi connectivity index (χ4v) is 2.61. The Hall–Kier alpha value is -2.04. The molecule has 5 heteroatoms. The Morgan fingerprint density at radius 1 is 1.09 bits per heavy atom. The minimum Gasteiger partial charge on any atom is -0.492 e. The Bertz CT molecular complexity index is 752. The van der Waals surface area contributed by atoms with Crippen molar-refractivity contribution >= 4 is 22.6 Å². The van der Waals surface area contributed by atoms with E-state index in [4.69, 9.17) is 22.1 Å². The number of halogens is 1. The number of imidazole rings is 1. The molecular formula is C17H18ClN3O.